The average Bonchev–Trinajstić information content (AvgIpc) is 3.39. The zero-order valence-corrected chi connectivity index (χ0v) is 20.6. The highest BCUT2D eigenvalue weighted by molar-refractivity contribution is 6.05. The molecule has 3 aliphatic heterocycles. The number of aliphatic hydroxyl groups is 2. The summed E-state index contributed by atoms with van der Waals surface area (Å²) in [6, 6.07) is 7.03. The van der Waals surface area contributed by atoms with Crippen LogP contribution in [0.25, 0.3) is 5.57 Å². The molecule has 1 saturated heterocycles. The standard InChI is InChI=1S/C27H36N2O6/c1-3-4-5-6-7-8-9-22-25(19-12-10-18(11-13-19)17(2)31)20-15-29(27(33)28-26(20)35-22)24-14-21(32)23(16-30)34-24/h10-13,20-21,23-24,30,32H,3-9,14-16H2,1-2H3/t20?,21-,23+,24+/m0/s1. The molecular weight excluding hydrogens is 448 g/mol. The number of benzene rings is 1. The van der Waals surface area contributed by atoms with Crippen LogP contribution in [0.3, 0.4) is 0 Å². The van der Waals surface area contributed by atoms with Crippen LogP contribution in [0.15, 0.2) is 35.0 Å². The topological polar surface area (TPSA) is 109 Å². The van der Waals surface area contributed by atoms with E-state index < -0.39 is 24.5 Å². The van der Waals surface area contributed by atoms with Crippen molar-refractivity contribution >= 4 is 23.3 Å². The van der Waals surface area contributed by atoms with Crippen LogP contribution in [0.1, 0.15) is 81.1 Å². The summed E-state index contributed by atoms with van der Waals surface area (Å²) < 4.78 is 11.9. The fourth-order valence-electron chi connectivity index (χ4n) is 5.08. The molecule has 0 aromatic heterocycles. The van der Waals surface area contributed by atoms with Gasteiger partial charge in [0.25, 0.3) is 0 Å². The third-order valence-corrected chi connectivity index (χ3v) is 7.10. The van der Waals surface area contributed by atoms with Crippen LogP contribution in [-0.4, -0.2) is 64.4 Å². The number of carbonyl (C=O) groups excluding carboxylic acids is 2. The summed E-state index contributed by atoms with van der Waals surface area (Å²) in [5, 5.41) is 19.6. The Morgan fingerprint density at radius 3 is 2.51 bits per heavy atom. The van der Waals surface area contributed by atoms with Gasteiger partial charge >= 0.3 is 6.03 Å². The monoisotopic (exact) mass is 484 g/mol. The van der Waals surface area contributed by atoms with Crippen molar-refractivity contribution in [1.82, 2.24) is 4.90 Å². The molecule has 0 saturated carbocycles. The summed E-state index contributed by atoms with van der Waals surface area (Å²) in [6.07, 6.45) is 5.77. The van der Waals surface area contributed by atoms with E-state index >= 15 is 0 Å². The molecule has 4 rings (SSSR count). The number of amides is 2. The molecule has 2 N–H and O–H groups in total. The number of ether oxygens (including phenoxy) is 2. The van der Waals surface area contributed by atoms with Gasteiger partial charge in [0.2, 0.25) is 5.90 Å². The number of aliphatic hydroxyl groups excluding tert-OH is 2. The lowest BCUT2D eigenvalue weighted by atomic mass is 9.89. The Bertz CT molecular complexity index is 986. The van der Waals surface area contributed by atoms with E-state index in [9.17, 15) is 19.8 Å². The van der Waals surface area contributed by atoms with Gasteiger partial charge in [-0.25, -0.2) is 4.79 Å². The number of carbonyl (C=O) groups is 2. The van der Waals surface area contributed by atoms with E-state index in [0.29, 0.717) is 18.0 Å². The summed E-state index contributed by atoms with van der Waals surface area (Å²) >= 11 is 0. The number of nitrogens with zero attached hydrogens (tertiary/aromatic N) is 2. The lowest BCUT2D eigenvalue weighted by molar-refractivity contribution is -0.0646. The first-order chi connectivity index (χ1) is 16.9. The van der Waals surface area contributed by atoms with Crippen LogP contribution >= 0.6 is 0 Å². The van der Waals surface area contributed by atoms with Gasteiger partial charge in [0.05, 0.1) is 18.6 Å². The molecule has 35 heavy (non-hydrogen) atoms. The molecule has 8 nitrogen and oxygen atoms in total. The molecule has 2 amide bonds. The maximum Gasteiger partial charge on any atom is 0.348 e. The molecule has 8 heteroatoms. The fraction of sp³-hybridized carbons (Fsp3) is 0.593. The minimum atomic E-state index is -0.833. The third kappa shape index (κ3) is 5.66. The molecular formula is C27H36N2O6. The SMILES string of the molecule is CCCCCCCCC1=C(c2ccc(C(C)=O)cc2)C2CN([C@H]3C[C@H](O)[C@@H](CO)O3)C(=O)N=C2O1. The second-order valence-corrected chi connectivity index (χ2v) is 9.64. The van der Waals surface area contributed by atoms with Crippen molar-refractivity contribution in [1.29, 1.82) is 0 Å². The van der Waals surface area contributed by atoms with Crippen molar-refractivity contribution < 1.29 is 29.3 Å². The van der Waals surface area contributed by atoms with Crippen LogP contribution in [-0.2, 0) is 9.47 Å². The number of urea groups is 1. The van der Waals surface area contributed by atoms with Gasteiger partial charge in [-0.05, 0) is 18.9 Å². The molecule has 3 heterocycles. The first-order valence-corrected chi connectivity index (χ1v) is 12.8. The maximum atomic E-state index is 12.8. The van der Waals surface area contributed by atoms with Gasteiger partial charge in [-0.15, -0.1) is 0 Å². The summed E-state index contributed by atoms with van der Waals surface area (Å²) in [5.74, 6) is 0.984. The highest BCUT2D eigenvalue weighted by Crippen LogP contribution is 2.41. The summed E-state index contributed by atoms with van der Waals surface area (Å²) in [6.45, 7) is 3.75. The van der Waals surface area contributed by atoms with Gasteiger partial charge < -0.3 is 19.7 Å². The van der Waals surface area contributed by atoms with Crippen molar-refractivity contribution in [2.45, 2.75) is 83.6 Å². The summed E-state index contributed by atoms with van der Waals surface area (Å²) in [5.41, 5.74) is 2.58. The Morgan fingerprint density at radius 2 is 1.86 bits per heavy atom. The minimum Gasteiger partial charge on any atom is -0.446 e. The molecule has 1 aromatic carbocycles. The molecule has 190 valence electrons. The molecule has 0 radical (unpaired) electrons. The zero-order chi connectivity index (χ0) is 24.9. The Labute approximate surface area is 206 Å². The number of allylic oxidation sites excluding steroid dienone is 1. The molecule has 0 aliphatic carbocycles. The third-order valence-electron chi connectivity index (χ3n) is 7.10. The van der Waals surface area contributed by atoms with Gasteiger partial charge in [0, 0.05) is 30.5 Å². The van der Waals surface area contributed by atoms with Crippen molar-refractivity contribution in [3.63, 3.8) is 0 Å². The Kier molecular flexibility index (Phi) is 8.36. The highest BCUT2D eigenvalue weighted by atomic mass is 16.5. The van der Waals surface area contributed by atoms with Crippen molar-refractivity contribution in [3.05, 3.63) is 41.2 Å². The number of hydrogen-bond acceptors (Lipinski definition) is 6. The predicted molar refractivity (Wildman–Crippen MR) is 132 cm³/mol. The van der Waals surface area contributed by atoms with Crippen LogP contribution in [0.4, 0.5) is 4.79 Å². The van der Waals surface area contributed by atoms with Gasteiger partial charge in [-0.2, -0.15) is 4.99 Å². The van der Waals surface area contributed by atoms with Crippen molar-refractivity contribution in [2.24, 2.45) is 10.9 Å². The van der Waals surface area contributed by atoms with E-state index in [-0.39, 0.29) is 24.7 Å². The van der Waals surface area contributed by atoms with E-state index in [1.165, 1.54) is 30.6 Å². The lowest BCUT2D eigenvalue weighted by Crippen LogP contribution is -2.47. The zero-order valence-electron chi connectivity index (χ0n) is 20.6. The van der Waals surface area contributed by atoms with Crippen LogP contribution < -0.4 is 0 Å². The number of Topliss-reactive ketones (excluding diaryl/α,β-unsaturated/α-hetero) is 1. The largest absolute Gasteiger partial charge is 0.446 e. The maximum absolute atomic E-state index is 12.8. The van der Waals surface area contributed by atoms with Crippen LogP contribution in [0, 0.1) is 5.92 Å². The lowest BCUT2D eigenvalue weighted by Gasteiger charge is -2.32. The number of fused-ring (bicyclic) bond motifs is 1. The van der Waals surface area contributed by atoms with E-state index in [0.717, 1.165) is 36.2 Å². The van der Waals surface area contributed by atoms with Crippen molar-refractivity contribution in [3.8, 4) is 0 Å². The molecule has 1 aromatic rings. The number of hydrogen-bond donors (Lipinski definition) is 2. The first kappa shape index (κ1) is 25.5. The Morgan fingerprint density at radius 1 is 1.14 bits per heavy atom. The minimum absolute atomic E-state index is 0.00701. The summed E-state index contributed by atoms with van der Waals surface area (Å²) in [4.78, 5) is 30.4. The molecule has 0 spiro atoms. The van der Waals surface area contributed by atoms with E-state index in [1.54, 1.807) is 6.92 Å². The van der Waals surface area contributed by atoms with Gasteiger partial charge in [-0.3, -0.25) is 9.69 Å². The normalized spacial score (nSPS) is 26.1. The van der Waals surface area contributed by atoms with E-state index in [1.807, 2.05) is 24.3 Å². The quantitative estimate of drug-likeness (QED) is 0.358. The molecule has 1 fully saturated rings. The first-order valence-electron chi connectivity index (χ1n) is 12.8. The van der Waals surface area contributed by atoms with Crippen molar-refractivity contribution in [2.75, 3.05) is 13.2 Å². The smallest absolute Gasteiger partial charge is 0.348 e. The van der Waals surface area contributed by atoms with Gasteiger partial charge in [0.15, 0.2) is 5.78 Å². The Hall–Kier alpha value is -2.55. The van der Waals surface area contributed by atoms with E-state index in [4.69, 9.17) is 9.47 Å². The molecule has 4 atom stereocenters. The highest BCUT2D eigenvalue weighted by Gasteiger charge is 2.46. The van der Waals surface area contributed by atoms with Gasteiger partial charge in [-0.1, -0.05) is 63.3 Å². The number of aliphatic imine (C=N–C) groups is 1. The number of ketones is 1. The predicted octanol–water partition coefficient (Wildman–Crippen LogP) is 4.30. The average molecular weight is 485 g/mol. The fourth-order valence-corrected chi connectivity index (χ4v) is 5.08. The van der Waals surface area contributed by atoms with E-state index in [2.05, 4.69) is 11.9 Å². The van der Waals surface area contributed by atoms with Gasteiger partial charge in [0.1, 0.15) is 18.1 Å². The Balaban J connectivity index is 1.57. The second-order valence-electron chi connectivity index (χ2n) is 9.64. The van der Waals surface area contributed by atoms with Crippen LogP contribution in [0.5, 0.6) is 0 Å². The molecule has 0 bridgehead atoms. The number of rotatable bonds is 11. The second kappa shape index (κ2) is 11.5. The molecule has 1 unspecified atom stereocenters. The number of unbranched alkanes of at least 4 members (excludes halogenated alkanes) is 5. The summed E-state index contributed by atoms with van der Waals surface area (Å²) in [7, 11) is 0. The van der Waals surface area contributed by atoms with Crippen LogP contribution in [0.2, 0.25) is 0 Å². The molecule has 3 aliphatic rings.